The molecule has 0 saturated carbocycles. The molecule has 0 spiro atoms. The molecule has 0 radical (unpaired) electrons. The van der Waals surface area contributed by atoms with Gasteiger partial charge in [0.15, 0.2) is 0 Å². The van der Waals surface area contributed by atoms with Gasteiger partial charge in [-0.15, -0.1) is 0 Å². The molecule has 0 saturated heterocycles. The molecule has 2 heterocycles. The minimum atomic E-state index is 0.0302. The predicted octanol–water partition coefficient (Wildman–Crippen LogP) is 4.13. The summed E-state index contributed by atoms with van der Waals surface area (Å²) < 4.78 is 13.7. The van der Waals surface area contributed by atoms with E-state index in [0.717, 1.165) is 41.4 Å². The van der Waals surface area contributed by atoms with Crippen LogP contribution in [0, 0.1) is 19.8 Å². The van der Waals surface area contributed by atoms with E-state index in [4.69, 9.17) is 9.47 Å². The molecule has 6 heteroatoms. The lowest BCUT2D eigenvalue weighted by atomic mass is 10.1. The summed E-state index contributed by atoms with van der Waals surface area (Å²) in [5.41, 5.74) is 5.49. The summed E-state index contributed by atoms with van der Waals surface area (Å²) in [6, 6.07) is 4.06. The smallest absolute Gasteiger partial charge is 0.220 e. The van der Waals surface area contributed by atoms with Crippen molar-refractivity contribution in [1.29, 1.82) is 0 Å². The maximum atomic E-state index is 12.5. The minimum Gasteiger partial charge on any atom is -0.494 e. The Morgan fingerprint density at radius 1 is 1.37 bits per heavy atom. The first-order chi connectivity index (χ1) is 14.3. The number of fused-ring (bicyclic) bond motifs is 1. The third-order valence-electron chi connectivity index (χ3n) is 5.53. The van der Waals surface area contributed by atoms with Crippen LogP contribution < -0.4 is 14.8 Å². The third kappa shape index (κ3) is 5.15. The van der Waals surface area contributed by atoms with Gasteiger partial charge in [-0.25, -0.2) is 0 Å². The number of aromatic nitrogens is 2. The number of hydrogen-bond donors (Lipinski definition) is 1. The molecule has 3 rings (SSSR count). The third-order valence-corrected chi connectivity index (χ3v) is 5.53. The second-order valence-electron chi connectivity index (χ2n) is 8.64. The van der Waals surface area contributed by atoms with Gasteiger partial charge in [0.2, 0.25) is 5.91 Å². The van der Waals surface area contributed by atoms with Gasteiger partial charge < -0.3 is 14.8 Å². The quantitative estimate of drug-likeness (QED) is 0.671. The summed E-state index contributed by atoms with van der Waals surface area (Å²) >= 11 is 0. The van der Waals surface area contributed by atoms with Crippen molar-refractivity contribution in [2.45, 2.75) is 80.0 Å². The van der Waals surface area contributed by atoms with Gasteiger partial charge in [-0.05, 0) is 57.7 Å². The van der Waals surface area contributed by atoms with Gasteiger partial charge in [-0.2, -0.15) is 5.10 Å². The van der Waals surface area contributed by atoms with E-state index in [1.165, 1.54) is 11.1 Å². The average Bonchev–Trinajstić information content (AvgIpc) is 3.16. The van der Waals surface area contributed by atoms with E-state index in [1.807, 2.05) is 19.9 Å². The Balaban J connectivity index is 1.60. The molecule has 1 aliphatic heterocycles. The zero-order valence-electron chi connectivity index (χ0n) is 19.2. The second kappa shape index (κ2) is 9.54. The summed E-state index contributed by atoms with van der Waals surface area (Å²) in [5.74, 6) is 2.30. The predicted molar refractivity (Wildman–Crippen MR) is 118 cm³/mol. The number of carbonyl (C=O) groups excluding carboxylic acids is 1. The number of nitrogens with zero attached hydrogens (tertiary/aromatic N) is 2. The normalized spacial score (nSPS) is 15.2. The van der Waals surface area contributed by atoms with Crippen LogP contribution in [-0.2, 0) is 30.7 Å². The van der Waals surface area contributed by atoms with Gasteiger partial charge in [0, 0.05) is 42.8 Å². The van der Waals surface area contributed by atoms with Crippen LogP contribution in [-0.4, -0.2) is 28.4 Å². The fourth-order valence-corrected chi connectivity index (χ4v) is 4.05. The zero-order chi connectivity index (χ0) is 21.8. The number of hydrogen-bond acceptors (Lipinski definition) is 4. The van der Waals surface area contributed by atoms with Crippen molar-refractivity contribution in [3.63, 3.8) is 0 Å². The number of ether oxygens (including phenoxy) is 2. The molecule has 164 valence electrons. The maximum absolute atomic E-state index is 12.5. The number of aryl methyl sites for hydroxylation is 1. The van der Waals surface area contributed by atoms with Gasteiger partial charge >= 0.3 is 0 Å². The van der Waals surface area contributed by atoms with Crippen LogP contribution >= 0.6 is 0 Å². The van der Waals surface area contributed by atoms with Crippen molar-refractivity contribution in [1.82, 2.24) is 15.1 Å². The molecule has 0 fully saturated rings. The summed E-state index contributed by atoms with van der Waals surface area (Å²) in [7, 11) is 0. The van der Waals surface area contributed by atoms with Gasteiger partial charge in [-0.1, -0.05) is 13.8 Å². The Labute approximate surface area is 180 Å². The lowest BCUT2D eigenvalue weighted by Gasteiger charge is -2.13. The van der Waals surface area contributed by atoms with Crippen LogP contribution in [0.5, 0.6) is 11.5 Å². The van der Waals surface area contributed by atoms with Gasteiger partial charge in [0.05, 0.1) is 12.3 Å². The lowest BCUT2D eigenvalue weighted by molar-refractivity contribution is -0.121. The van der Waals surface area contributed by atoms with E-state index in [0.29, 0.717) is 31.9 Å². The highest BCUT2D eigenvalue weighted by atomic mass is 16.5. The Kier molecular flexibility index (Phi) is 7.06. The number of carbonyl (C=O) groups is 1. The minimum absolute atomic E-state index is 0.0302. The van der Waals surface area contributed by atoms with Gasteiger partial charge in [0.1, 0.15) is 17.6 Å². The largest absolute Gasteiger partial charge is 0.494 e. The molecule has 0 unspecified atom stereocenters. The summed E-state index contributed by atoms with van der Waals surface area (Å²) in [4.78, 5) is 12.5. The van der Waals surface area contributed by atoms with Crippen LogP contribution in [0.4, 0.5) is 0 Å². The first kappa shape index (κ1) is 22.2. The lowest BCUT2D eigenvalue weighted by Crippen LogP contribution is -2.23. The van der Waals surface area contributed by atoms with Crippen molar-refractivity contribution in [3.8, 4) is 11.5 Å². The zero-order valence-corrected chi connectivity index (χ0v) is 19.2. The van der Waals surface area contributed by atoms with E-state index in [9.17, 15) is 4.79 Å². The van der Waals surface area contributed by atoms with Gasteiger partial charge in [0.25, 0.3) is 0 Å². The topological polar surface area (TPSA) is 65.4 Å². The molecule has 1 aromatic carbocycles. The van der Waals surface area contributed by atoms with E-state index in [1.54, 1.807) is 0 Å². The number of benzene rings is 1. The molecule has 1 N–H and O–H groups in total. The van der Waals surface area contributed by atoms with E-state index >= 15 is 0 Å². The molecular formula is C24H35N3O3. The van der Waals surface area contributed by atoms with Crippen LogP contribution in [0.15, 0.2) is 12.1 Å². The van der Waals surface area contributed by atoms with Crippen LogP contribution in [0.25, 0.3) is 0 Å². The number of nitrogens with one attached hydrogen (secondary N) is 1. The highest BCUT2D eigenvalue weighted by Crippen LogP contribution is 2.35. The monoisotopic (exact) mass is 413 g/mol. The Bertz CT molecular complexity index is 902. The highest BCUT2D eigenvalue weighted by molar-refractivity contribution is 5.76. The van der Waals surface area contributed by atoms with Crippen molar-refractivity contribution in [2.24, 2.45) is 5.92 Å². The maximum Gasteiger partial charge on any atom is 0.220 e. The van der Waals surface area contributed by atoms with E-state index < -0.39 is 0 Å². The fraction of sp³-hybridized carbons (Fsp3) is 0.583. The SMILES string of the molecule is CCOc1cc2c(cc1CNC(=O)CCc1c(C)nn(CC(C)C)c1C)O[C@H](C)C2. The molecule has 0 bridgehead atoms. The Morgan fingerprint density at radius 3 is 2.83 bits per heavy atom. The molecule has 2 aromatic rings. The van der Waals surface area contributed by atoms with Crippen molar-refractivity contribution in [3.05, 3.63) is 40.2 Å². The highest BCUT2D eigenvalue weighted by Gasteiger charge is 2.22. The molecule has 6 nitrogen and oxygen atoms in total. The van der Waals surface area contributed by atoms with Crippen molar-refractivity contribution in [2.75, 3.05) is 6.61 Å². The average molecular weight is 414 g/mol. The molecule has 1 aliphatic rings. The molecule has 1 aromatic heterocycles. The molecular weight excluding hydrogens is 378 g/mol. The Hall–Kier alpha value is -2.50. The molecule has 1 amide bonds. The number of amides is 1. The molecule has 1 atom stereocenters. The van der Waals surface area contributed by atoms with Crippen LogP contribution in [0.2, 0.25) is 0 Å². The van der Waals surface area contributed by atoms with E-state index in [2.05, 4.69) is 48.9 Å². The standard InChI is InChI=1S/C24H35N3O3/c1-7-29-22-11-19-10-16(4)30-23(19)12-20(22)13-25-24(28)9-8-21-17(5)26-27(18(21)6)14-15(2)3/h11-12,15-16H,7-10,13-14H2,1-6H3,(H,25,28)/t16-/m1/s1. The van der Waals surface area contributed by atoms with Crippen LogP contribution in [0.1, 0.15) is 62.2 Å². The Morgan fingerprint density at radius 2 is 2.13 bits per heavy atom. The molecule has 0 aliphatic carbocycles. The summed E-state index contributed by atoms with van der Waals surface area (Å²) in [6.45, 7) is 14.5. The fourth-order valence-electron chi connectivity index (χ4n) is 4.05. The first-order valence-corrected chi connectivity index (χ1v) is 11.0. The second-order valence-corrected chi connectivity index (χ2v) is 8.64. The first-order valence-electron chi connectivity index (χ1n) is 11.0. The van der Waals surface area contributed by atoms with Crippen molar-refractivity contribution < 1.29 is 14.3 Å². The van der Waals surface area contributed by atoms with Crippen molar-refractivity contribution >= 4 is 5.91 Å². The number of rotatable bonds is 9. The summed E-state index contributed by atoms with van der Waals surface area (Å²) in [5, 5.41) is 7.69. The van der Waals surface area contributed by atoms with Crippen LogP contribution in [0.3, 0.4) is 0 Å². The summed E-state index contributed by atoms with van der Waals surface area (Å²) in [6.07, 6.45) is 2.22. The van der Waals surface area contributed by atoms with Gasteiger partial charge in [-0.3, -0.25) is 9.48 Å². The van der Waals surface area contributed by atoms with E-state index in [-0.39, 0.29) is 12.0 Å². The molecule has 30 heavy (non-hydrogen) atoms.